The van der Waals surface area contributed by atoms with Gasteiger partial charge in [0.1, 0.15) is 6.61 Å². The van der Waals surface area contributed by atoms with Crippen molar-refractivity contribution in [1.29, 1.82) is 0 Å². The second-order valence-corrected chi connectivity index (χ2v) is 14.2. The molecule has 48 heavy (non-hydrogen) atoms. The van der Waals surface area contributed by atoms with Gasteiger partial charge in [-0.25, -0.2) is 4.57 Å². The zero-order chi connectivity index (χ0) is 35.4. The van der Waals surface area contributed by atoms with E-state index in [1.54, 1.807) is 0 Å². The van der Waals surface area contributed by atoms with E-state index >= 15 is 0 Å². The van der Waals surface area contributed by atoms with Crippen LogP contribution >= 0.6 is 7.82 Å². The Hall–Kier alpha value is -1.51. The number of hydrogen-bond donors (Lipinski definition) is 2. The Morgan fingerprint density at radius 3 is 1.52 bits per heavy atom. The van der Waals surface area contributed by atoms with Crippen LogP contribution in [0.5, 0.6) is 0 Å². The molecule has 0 saturated carbocycles. The third-order valence-corrected chi connectivity index (χ3v) is 9.04. The minimum atomic E-state index is -4.37. The molecule has 0 aromatic carbocycles. The van der Waals surface area contributed by atoms with E-state index in [0.29, 0.717) is 6.42 Å². The summed E-state index contributed by atoms with van der Waals surface area (Å²) < 4.78 is 32.6. The number of phosphoric acid groups is 1. The molecule has 0 aromatic rings. The molecule has 3 N–H and O–H groups in total. The van der Waals surface area contributed by atoms with Crippen LogP contribution < -0.4 is 5.73 Å². The van der Waals surface area contributed by atoms with E-state index in [-0.39, 0.29) is 32.6 Å². The molecule has 9 nitrogen and oxygen atoms in total. The van der Waals surface area contributed by atoms with Gasteiger partial charge in [-0.1, -0.05) is 122 Å². The molecule has 1 unspecified atom stereocenters. The molecular formula is C38H72NO8P. The normalized spacial score (nSPS) is 13.7. The fourth-order valence-electron chi connectivity index (χ4n) is 5.15. The number of phosphoric ester groups is 1. The summed E-state index contributed by atoms with van der Waals surface area (Å²) in [7, 11) is -4.37. The van der Waals surface area contributed by atoms with Crippen molar-refractivity contribution in [2.24, 2.45) is 5.73 Å². The molecule has 0 aliphatic carbocycles. The minimum absolute atomic E-state index is 0.0516. The first-order valence-electron chi connectivity index (χ1n) is 19.3. The molecule has 0 rings (SSSR count). The summed E-state index contributed by atoms with van der Waals surface area (Å²) in [5, 5.41) is 0. The first-order chi connectivity index (χ1) is 23.3. The summed E-state index contributed by atoms with van der Waals surface area (Å²) in [6.45, 7) is 3.67. The lowest BCUT2D eigenvalue weighted by Crippen LogP contribution is -2.29. The van der Waals surface area contributed by atoms with Gasteiger partial charge >= 0.3 is 19.8 Å². The highest BCUT2D eigenvalue weighted by Gasteiger charge is 2.25. The molecule has 0 aromatic heterocycles. The van der Waals surface area contributed by atoms with Crippen LogP contribution in [0, 0.1) is 0 Å². The Bertz CT molecular complexity index is 851. The maximum absolute atomic E-state index is 12.5. The summed E-state index contributed by atoms with van der Waals surface area (Å²) >= 11 is 0. The minimum Gasteiger partial charge on any atom is -0.462 e. The molecule has 0 amide bonds. The Kier molecular flexibility index (Phi) is 34.2. The first kappa shape index (κ1) is 46.5. The average molecular weight is 702 g/mol. The molecule has 2 atom stereocenters. The van der Waals surface area contributed by atoms with E-state index in [9.17, 15) is 19.0 Å². The van der Waals surface area contributed by atoms with Gasteiger partial charge in [-0.05, 0) is 64.2 Å². The van der Waals surface area contributed by atoms with E-state index in [1.807, 2.05) is 0 Å². The van der Waals surface area contributed by atoms with Gasteiger partial charge in [0.05, 0.1) is 13.2 Å². The lowest BCUT2D eigenvalue weighted by atomic mass is 10.1. The van der Waals surface area contributed by atoms with Crippen LogP contribution in [0.4, 0.5) is 0 Å². The maximum Gasteiger partial charge on any atom is 0.472 e. The van der Waals surface area contributed by atoms with Gasteiger partial charge in [0.25, 0.3) is 0 Å². The predicted molar refractivity (Wildman–Crippen MR) is 197 cm³/mol. The number of unbranched alkanes of at least 4 members (excludes halogenated alkanes) is 19. The van der Waals surface area contributed by atoms with Gasteiger partial charge in [-0.3, -0.25) is 18.6 Å². The Morgan fingerprint density at radius 1 is 0.604 bits per heavy atom. The monoisotopic (exact) mass is 701 g/mol. The summed E-state index contributed by atoms with van der Waals surface area (Å²) in [4.78, 5) is 34.7. The molecule has 10 heteroatoms. The number of carbonyl (C=O) groups excluding carboxylic acids is 2. The number of allylic oxidation sites excluding steroid dienone is 4. The molecular weight excluding hydrogens is 629 g/mol. The van der Waals surface area contributed by atoms with Crippen LogP contribution in [0.2, 0.25) is 0 Å². The average Bonchev–Trinajstić information content (AvgIpc) is 3.07. The highest BCUT2D eigenvalue weighted by molar-refractivity contribution is 7.47. The highest BCUT2D eigenvalue weighted by atomic mass is 31.2. The van der Waals surface area contributed by atoms with Gasteiger partial charge in [-0.2, -0.15) is 0 Å². The first-order valence-corrected chi connectivity index (χ1v) is 20.8. The van der Waals surface area contributed by atoms with Crippen molar-refractivity contribution in [3.8, 4) is 0 Å². The number of esters is 2. The van der Waals surface area contributed by atoms with Gasteiger partial charge in [0.15, 0.2) is 6.10 Å². The molecule has 0 aliphatic heterocycles. The van der Waals surface area contributed by atoms with E-state index in [1.165, 1.54) is 64.2 Å². The molecule has 0 bridgehead atoms. The lowest BCUT2D eigenvalue weighted by Gasteiger charge is -2.19. The zero-order valence-electron chi connectivity index (χ0n) is 30.7. The second-order valence-electron chi connectivity index (χ2n) is 12.8. The van der Waals surface area contributed by atoms with E-state index in [2.05, 4.69) is 38.2 Å². The van der Waals surface area contributed by atoms with Crippen molar-refractivity contribution in [3.63, 3.8) is 0 Å². The SMILES string of the molecule is CCCCC/C=C\CCCCCCCC(=O)O[C@H](COC(=O)CCCCCCC/C=C\CCCCCCCC)COP(=O)(O)OCCN. The van der Waals surface area contributed by atoms with Gasteiger partial charge < -0.3 is 20.1 Å². The standard InChI is InChI=1S/C38H72NO8P/c1-3-5-7-9-11-13-15-17-18-19-21-22-24-26-28-30-37(40)44-34-36(35-46-48(42,43)45-33-32-39)47-38(41)31-29-27-25-23-20-16-14-12-10-8-6-4-2/h12,14,17-18,36H,3-11,13,15-16,19-35,39H2,1-2H3,(H,42,43)/b14-12-,18-17-/t36-/m1/s1. The highest BCUT2D eigenvalue weighted by Crippen LogP contribution is 2.43. The van der Waals surface area contributed by atoms with Crippen molar-refractivity contribution in [2.75, 3.05) is 26.4 Å². The summed E-state index contributed by atoms with van der Waals surface area (Å²) in [5.74, 6) is -0.849. The van der Waals surface area contributed by atoms with Crippen molar-refractivity contribution in [1.82, 2.24) is 0 Å². The van der Waals surface area contributed by atoms with Crippen molar-refractivity contribution in [2.45, 2.75) is 180 Å². The molecule has 0 fully saturated rings. The van der Waals surface area contributed by atoms with Crippen LogP contribution in [0.25, 0.3) is 0 Å². The molecule has 0 spiro atoms. The van der Waals surface area contributed by atoms with Crippen LogP contribution in [0.1, 0.15) is 174 Å². The van der Waals surface area contributed by atoms with Crippen molar-refractivity contribution in [3.05, 3.63) is 24.3 Å². The van der Waals surface area contributed by atoms with Crippen LogP contribution in [-0.4, -0.2) is 49.3 Å². The van der Waals surface area contributed by atoms with Gasteiger partial charge in [0.2, 0.25) is 0 Å². The predicted octanol–water partition coefficient (Wildman–Crippen LogP) is 10.4. The Labute approximate surface area is 293 Å². The Morgan fingerprint density at radius 2 is 1.02 bits per heavy atom. The van der Waals surface area contributed by atoms with Crippen LogP contribution in [-0.2, 0) is 32.7 Å². The fraction of sp³-hybridized carbons (Fsp3) is 0.842. The number of rotatable bonds is 36. The fourth-order valence-corrected chi connectivity index (χ4v) is 5.92. The quantitative estimate of drug-likeness (QED) is 0.0283. The van der Waals surface area contributed by atoms with E-state index < -0.39 is 32.5 Å². The maximum atomic E-state index is 12.5. The number of carbonyl (C=O) groups is 2. The van der Waals surface area contributed by atoms with E-state index in [4.69, 9.17) is 24.3 Å². The zero-order valence-corrected chi connectivity index (χ0v) is 31.6. The second kappa shape index (κ2) is 35.3. The number of nitrogens with two attached hydrogens (primary N) is 1. The summed E-state index contributed by atoms with van der Waals surface area (Å²) in [6, 6.07) is 0. The number of ether oxygens (including phenoxy) is 2. The van der Waals surface area contributed by atoms with Crippen molar-refractivity contribution < 1.29 is 37.6 Å². The molecule has 0 radical (unpaired) electrons. The molecule has 0 saturated heterocycles. The summed E-state index contributed by atoms with van der Waals surface area (Å²) in [6.07, 6.45) is 34.9. The summed E-state index contributed by atoms with van der Waals surface area (Å²) in [5.41, 5.74) is 5.33. The number of hydrogen-bond acceptors (Lipinski definition) is 8. The van der Waals surface area contributed by atoms with Gasteiger partial charge in [-0.15, -0.1) is 0 Å². The smallest absolute Gasteiger partial charge is 0.462 e. The third-order valence-electron chi connectivity index (χ3n) is 8.06. The van der Waals surface area contributed by atoms with Crippen LogP contribution in [0.15, 0.2) is 24.3 Å². The molecule has 0 heterocycles. The lowest BCUT2D eigenvalue weighted by molar-refractivity contribution is -0.161. The third kappa shape index (κ3) is 34.4. The molecule has 0 aliphatic rings. The largest absolute Gasteiger partial charge is 0.472 e. The van der Waals surface area contributed by atoms with Crippen molar-refractivity contribution >= 4 is 19.8 Å². The van der Waals surface area contributed by atoms with E-state index in [0.717, 1.165) is 77.0 Å². The van der Waals surface area contributed by atoms with Gasteiger partial charge in [0, 0.05) is 19.4 Å². The Balaban J connectivity index is 4.23. The van der Waals surface area contributed by atoms with Crippen LogP contribution in [0.3, 0.4) is 0 Å². The molecule has 282 valence electrons. The topological polar surface area (TPSA) is 134 Å².